The van der Waals surface area contributed by atoms with E-state index in [1.165, 1.54) is 0 Å². The molecule has 1 aromatic rings. The molecule has 0 aliphatic rings. The van der Waals surface area contributed by atoms with E-state index < -0.39 is 10.0 Å². The lowest BCUT2D eigenvalue weighted by atomic mass is 10.2. The van der Waals surface area contributed by atoms with E-state index >= 15 is 0 Å². The third-order valence-corrected chi connectivity index (χ3v) is 4.37. The SMILES string of the molecule is CCNS(=O)(=O)c1ccc(N(C)CCC(C)O)cc1. The molecule has 108 valence electrons. The molecule has 2 N–H and O–H groups in total. The van der Waals surface area contributed by atoms with Gasteiger partial charge in [0.15, 0.2) is 0 Å². The molecule has 1 aromatic carbocycles. The molecule has 1 unspecified atom stereocenters. The van der Waals surface area contributed by atoms with Gasteiger partial charge in [0.1, 0.15) is 0 Å². The van der Waals surface area contributed by atoms with Gasteiger partial charge in [-0.3, -0.25) is 0 Å². The minimum atomic E-state index is -3.39. The number of anilines is 1. The molecule has 0 aliphatic carbocycles. The van der Waals surface area contributed by atoms with Crippen molar-refractivity contribution in [3.05, 3.63) is 24.3 Å². The van der Waals surface area contributed by atoms with Crippen molar-refractivity contribution in [2.75, 3.05) is 25.0 Å². The van der Waals surface area contributed by atoms with Crippen molar-refractivity contribution >= 4 is 15.7 Å². The molecule has 0 fully saturated rings. The predicted octanol–water partition coefficient (Wildman–Crippen LogP) is 1.19. The summed E-state index contributed by atoms with van der Waals surface area (Å²) in [5.74, 6) is 0. The van der Waals surface area contributed by atoms with Crippen LogP contribution >= 0.6 is 0 Å². The normalized spacial score (nSPS) is 13.3. The summed E-state index contributed by atoms with van der Waals surface area (Å²) in [6.07, 6.45) is 0.337. The summed E-state index contributed by atoms with van der Waals surface area (Å²) in [5, 5.41) is 9.24. The lowest BCUT2D eigenvalue weighted by Crippen LogP contribution is -2.24. The van der Waals surface area contributed by atoms with Crippen LogP contribution in [0.2, 0.25) is 0 Å². The number of aliphatic hydroxyl groups excluding tert-OH is 1. The van der Waals surface area contributed by atoms with E-state index in [9.17, 15) is 13.5 Å². The van der Waals surface area contributed by atoms with Gasteiger partial charge in [-0.15, -0.1) is 0 Å². The standard InChI is InChI=1S/C13H22N2O3S/c1-4-14-19(17,18)13-7-5-12(6-8-13)15(3)10-9-11(2)16/h5-8,11,14,16H,4,9-10H2,1-3H3. The Hall–Kier alpha value is -1.11. The molecular formula is C13H22N2O3S. The van der Waals surface area contributed by atoms with Crippen LogP contribution in [0.4, 0.5) is 5.69 Å². The first-order valence-electron chi connectivity index (χ1n) is 6.35. The van der Waals surface area contributed by atoms with E-state index in [1.54, 1.807) is 38.1 Å². The van der Waals surface area contributed by atoms with E-state index in [1.807, 2.05) is 11.9 Å². The van der Waals surface area contributed by atoms with E-state index in [-0.39, 0.29) is 11.0 Å². The monoisotopic (exact) mass is 286 g/mol. The summed E-state index contributed by atoms with van der Waals surface area (Å²) in [6, 6.07) is 6.72. The highest BCUT2D eigenvalue weighted by molar-refractivity contribution is 7.89. The highest BCUT2D eigenvalue weighted by atomic mass is 32.2. The summed E-state index contributed by atoms with van der Waals surface area (Å²) < 4.78 is 26.0. The number of benzene rings is 1. The molecule has 0 spiro atoms. The molecular weight excluding hydrogens is 264 g/mol. The Morgan fingerprint density at radius 3 is 2.37 bits per heavy atom. The van der Waals surface area contributed by atoms with Gasteiger partial charge >= 0.3 is 0 Å². The summed E-state index contributed by atoms with van der Waals surface area (Å²) >= 11 is 0. The number of rotatable bonds is 7. The van der Waals surface area contributed by atoms with Crippen LogP contribution in [-0.2, 0) is 10.0 Å². The lowest BCUT2D eigenvalue weighted by Gasteiger charge is -2.20. The maximum atomic E-state index is 11.8. The first kappa shape index (κ1) is 15.9. The van der Waals surface area contributed by atoms with Crippen molar-refractivity contribution in [1.29, 1.82) is 0 Å². The van der Waals surface area contributed by atoms with Crippen LogP contribution in [0.5, 0.6) is 0 Å². The topological polar surface area (TPSA) is 69.6 Å². The third-order valence-electron chi connectivity index (χ3n) is 2.80. The fourth-order valence-electron chi connectivity index (χ4n) is 1.66. The lowest BCUT2D eigenvalue weighted by molar-refractivity contribution is 0.187. The van der Waals surface area contributed by atoms with Crippen LogP contribution in [0.3, 0.4) is 0 Å². The Morgan fingerprint density at radius 1 is 1.32 bits per heavy atom. The number of hydrogen-bond acceptors (Lipinski definition) is 4. The number of hydrogen-bond donors (Lipinski definition) is 2. The Balaban J connectivity index is 2.76. The minimum absolute atomic E-state index is 0.266. The maximum Gasteiger partial charge on any atom is 0.240 e. The average Bonchev–Trinajstić information content (AvgIpc) is 2.36. The Labute approximate surface area is 115 Å². The second kappa shape index (κ2) is 6.88. The van der Waals surface area contributed by atoms with Gasteiger partial charge in [-0.05, 0) is 37.6 Å². The number of sulfonamides is 1. The molecule has 6 heteroatoms. The molecule has 0 saturated carbocycles. The smallest absolute Gasteiger partial charge is 0.240 e. The molecule has 0 bridgehead atoms. The number of nitrogens with one attached hydrogen (secondary N) is 1. The van der Waals surface area contributed by atoms with Crippen LogP contribution < -0.4 is 9.62 Å². The van der Waals surface area contributed by atoms with Gasteiger partial charge in [-0.25, -0.2) is 13.1 Å². The predicted molar refractivity (Wildman–Crippen MR) is 76.9 cm³/mol. The maximum absolute atomic E-state index is 11.8. The van der Waals surface area contributed by atoms with Crippen molar-refractivity contribution in [2.24, 2.45) is 0 Å². The molecule has 1 rings (SSSR count). The summed E-state index contributed by atoms with van der Waals surface area (Å²) in [6.45, 7) is 4.59. The number of aliphatic hydroxyl groups is 1. The fourth-order valence-corrected chi connectivity index (χ4v) is 2.70. The van der Waals surface area contributed by atoms with Gasteiger partial charge in [-0.1, -0.05) is 6.92 Å². The Morgan fingerprint density at radius 2 is 1.89 bits per heavy atom. The molecule has 19 heavy (non-hydrogen) atoms. The molecule has 5 nitrogen and oxygen atoms in total. The van der Waals surface area contributed by atoms with E-state index in [4.69, 9.17) is 0 Å². The van der Waals surface area contributed by atoms with E-state index in [2.05, 4.69) is 4.72 Å². The largest absolute Gasteiger partial charge is 0.393 e. The second-order valence-corrected chi connectivity index (χ2v) is 6.32. The highest BCUT2D eigenvalue weighted by Gasteiger charge is 2.12. The average molecular weight is 286 g/mol. The quantitative estimate of drug-likeness (QED) is 0.790. The molecule has 0 heterocycles. The van der Waals surface area contributed by atoms with Crippen molar-refractivity contribution in [1.82, 2.24) is 4.72 Å². The van der Waals surface area contributed by atoms with Gasteiger partial charge in [0.2, 0.25) is 10.0 Å². The molecule has 0 radical (unpaired) electrons. The van der Waals surface area contributed by atoms with Crippen molar-refractivity contribution in [2.45, 2.75) is 31.3 Å². The van der Waals surface area contributed by atoms with E-state index in [0.717, 1.165) is 12.2 Å². The van der Waals surface area contributed by atoms with Crippen LogP contribution in [0, 0.1) is 0 Å². The molecule has 1 atom stereocenters. The van der Waals surface area contributed by atoms with Gasteiger partial charge in [0.05, 0.1) is 11.0 Å². The second-order valence-electron chi connectivity index (χ2n) is 4.55. The molecule has 0 aromatic heterocycles. The first-order valence-corrected chi connectivity index (χ1v) is 7.84. The Bertz CT molecular complexity index is 483. The summed E-state index contributed by atoms with van der Waals surface area (Å²) in [7, 11) is -1.47. The van der Waals surface area contributed by atoms with Crippen molar-refractivity contribution in [3.63, 3.8) is 0 Å². The third kappa shape index (κ3) is 4.81. The van der Waals surface area contributed by atoms with Crippen molar-refractivity contribution in [3.8, 4) is 0 Å². The van der Waals surface area contributed by atoms with Gasteiger partial charge in [0.25, 0.3) is 0 Å². The van der Waals surface area contributed by atoms with Crippen LogP contribution in [0.15, 0.2) is 29.2 Å². The zero-order valence-corrected chi connectivity index (χ0v) is 12.4. The zero-order chi connectivity index (χ0) is 14.5. The van der Waals surface area contributed by atoms with Crippen LogP contribution in [0.1, 0.15) is 20.3 Å². The van der Waals surface area contributed by atoms with Gasteiger partial charge in [0, 0.05) is 25.8 Å². The van der Waals surface area contributed by atoms with Crippen LogP contribution in [0.25, 0.3) is 0 Å². The molecule has 0 aliphatic heterocycles. The number of nitrogens with zero attached hydrogens (tertiary/aromatic N) is 1. The highest BCUT2D eigenvalue weighted by Crippen LogP contribution is 2.17. The summed E-state index contributed by atoms with van der Waals surface area (Å²) in [5.41, 5.74) is 0.927. The zero-order valence-electron chi connectivity index (χ0n) is 11.6. The van der Waals surface area contributed by atoms with E-state index in [0.29, 0.717) is 13.0 Å². The first-order chi connectivity index (χ1) is 8.86. The fraction of sp³-hybridized carbons (Fsp3) is 0.538. The minimum Gasteiger partial charge on any atom is -0.393 e. The van der Waals surface area contributed by atoms with Gasteiger partial charge < -0.3 is 10.0 Å². The van der Waals surface area contributed by atoms with Crippen LogP contribution in [-0.4, -0.2) is 39.8 Å². The van der Waals surface area contributed by atoms with Gasteiger partial charge in [-0.2, -0.15) is 0 Å². The van der Waals surface area contributed by atoms with Crippen molar-refractivity contribution < 1.29 is 13.5 Å². The molecule has 0 amide bonds. The molecule has 0 saturated heterocycles. The summed E-state index contributed by atoms with van der Waals surface area (Å²) in [4.78, 5) is 2.25. The Kier molecular flexibility index (Phi) is 5.78.